The van der Waals surface area contributed by atoms with Crippen molar-refractivity contribution in [3.05, 3.63) is 56.9 Å². The first-order valence-corrected chi connectivity index (χ1v) is 7.10. The second-order valence-electron chi connectivity index (χ2n) is 4.56. The molecule has 0 amide bonds. The summed E-state index contributed by atoms with van der Waals surface area (Å²) < 4.78 is 6.15. The van der Waals surface area contributed by atoms with Gasteiger partial charge >= 0.3 is 17.3 Å². The monoisotopic (exact) mass is 333 g/mol. The number of hydrogen-bond acceptors (Lipinski definition) is 8. The molecule has 2 aromatic heterocycles. The van der Waals surface area contributed by atoms with Crippen LogP contribution in [0.4, 0.5) is 11.5 Å². The van der Waals surface area contributed by atoms with Crippen LogP contribution in [0.1, 0.15) is 17.3 Å². The maximum absolute atomic E-state index is 11.8. The summed E-state index contributed by atoms with van der Waals surface area (Å²) in [6.07, 6.45) is 4.20. The van der Waals surface area contributed by atoms with Crippen molar-refractivity contribution in [3.8, 4) is 0 Å². The number of hydrogen-bond donors (Lipinski definition) is 1. The molecule has 2 heterocycles. The summed E-state index contributed by atoms with van der Waals surface area (Å²) in [6.45, 7) is 2.13. The minimum Gasteiger partial charge on any atom is -0.462 e. The summed E-state index contributed by atoms with van der Waals surface area (Å²) in [5, 5.41) is 14.1. The zero-order valence-corrected chi connectivity index (χ0v) is 12.8. The third-order valence-electron chi connectivity index (χ3n) is 3.03. The number of carbonyl (C=O) groups is 1. The van der Waals surface area contributed by atoms with Crippen molar-refractivity contribution in [2.24, 2.45) is 0 Å². The molecule has 10 nitrogen and oxygen atoms in total. The topological polar surface area (TPSA) is 129 Å². The second-order valence-corrected chi connectivity index (χ2v) is 4.56. The Morgan fingerprint density at radius 1 is 1.42 bits per heavy atom. The first-order chi connectivity index (χ1) is 11.5. The van der Waals surface area contributed by atoms with E-state index in [-0.39, 0.29) is 31.1 Å². The summed E-state index contributed by atoms with van der Waals surface area (Å²) in [6, 6.07) is 2.83. The van der Waals surface area contributed by atoms with Gasteiger partial charge in [0.25, 0.3) is 0 Å². The van der Waals surface area contributed by atoms with Gasteiger partial charge in [-0.2, -0.15) is 0 Å². The zero-order chi connectivity index (χ0) is 17.5. The van der Waals surface area contributed by atoms with Crippen LogP contribution in [0.15, 0.2) is 35.5 Å². The predicted octanol–water partition coefficient (Wildman–Crippen LogP) is 0.835. The average molecular weight is 333 g/mol. The van der Waals surface area contributed by atoms with Gasteiger partial charge in [-0.3, -0.25) is 14.7 Å². The standard InChI is InChI=1S/C14H15N5O5/c1-2-24-13(20)10-4-6-15-12(11(10)19(22)23)16-7-9-18-8-3-5-17-14(18)21/h3-6,8H,2,7,9H2,1H3,(H,15,16). The van der Waals surface area contributed by atoms with E-state index in [0.717, 1.165) is 0 Å². The van der Waals surface area contributed by atoms with E-state index in [9.17, 15) is 19.7 Å². The lowest BCUT2D eigenvalue weighted by molar-refractivity contribution is -0.384. The number of anilines is 1. The summed E-state index contributed by atoms with van der Waals surface area (Å²) >= 11 is 0. The van der Waals surface area contributed by atoms with Gasteiger partial charge in [0.05, 0.1) is 11.5 Å². The van der Waals surface area contributed by atoms with Crippen LogP contribution in [0, 0.1) is 10.1 Å². The number of esters is 1. The number of nitrogens with zero attached hydrogens (tertiary/aromatic N) is 4. The summed E-state index contributed by atoms with van der Waals surface area (Å²) in [5.41, 5.74) is -1.07. The lowest BCUT2D eigenvalue weighted by Gasteiger charge is -2.09. The Labute approximate surface area is 136 Å². The van der Waals surface area contributed by atoms with Gasteiger partial charge in [0, 0.05) is 31.7 Å². The highest BCUT2D eigenvalue weighted by atomic mass is 16.6. The molecule has 0 radical (unpaired) electrons. The molecular weight excluding hydrogens is 318 g/mol. The minimum atomic E-state index is -0.793. The van der Waals surface area contributed by atoms with E-state index in [1.165, 1.54) is 23.0 Å². The van der Waals surface area contributed by atoms with E-state index >= 15 is 0 Å². The molecule has 24 heavy (non-hydrogen) atoms. The fourth-order valence-corrected chi connectivity index (χ4v) is 1.99. The molecule has 1 N–H and O–H groups in total. The van der Waals surface area contributed by atoms with Gasteiger partial charge in [-0.15, -0.1) is 0 Å². The smallest absolute Gasteiger partial charge is 0.347 e. The summed E-state index contributed by atoms with van der Waals surface area (Å²) in [4.78, 5) is 41.4. The van der Waals surface area contributed by atoms with Crippen LogP contribution in [0.5, 0.6) is 0 Å². The largest absolute Gasteiger partial charge is 0.462 e. The third kappa shape index (κ3) is 3.91. The molecule has 10 heteroatoms. The lowest BCUT2D eigenvalue weighted by atomic mass is 10.2. The molecule has 2 rings (SSSR count). The van der Waals surface area contributed by atoms with E-state index in [1.54, 1.807) is 19.2 Å². The Morgan fingerprint density at radius 2 is 2.21 bits per heavy atom. The van der Waals surface area contributed by atoms with Gasteiger partial charge in [0.15, 0.2) is 0 Å². The number of aromatic nitrogens is 3. The molecule has 0 atom stereocenters. The second kappa shape index (κ2) is 7.81. The Hall–Kier alpha value is -3.30. The first-order valence-electron chi connectivity index (χ1n) is 7.10. The van der Waals surface area contributed by atoms with E-state index in [4.69, 9.17) is 4.74 Å². The predicted molar refractivity (Wildman–Crippen MR) is 83.8 cm³/mol. The van der Waals surface area contributed by atoms with Crippen LogP contribution < -0.4 is 11.0 Å². The van der Waals surface area contributed by atoms with Crippen LogP contribution in [0.25, 0.3) is 0 Å². The molecule has 0 aliphatic rings. The van der Waals surface area contributed by atoms with E-state index in [1.807, 2.05) is 0 Å². The maximum atomic E-state index is 11.8. The van der Waals surface area contributed by atoms with Crippen molar-refractivity contribution < 1.29 is 14.5 Å². The molecule has 0 spiro atoms. The van der Waals surface area contributed by atoms with Crippen molar-refractivity contribution in [2.45, 2.75) is 13.5 Å². The van der Waals surface area contributed by atoms with Crippen molar-refractivity contribution in [1.82, 2.24) is 14.5 Å². The van der Waals surface area contributed by atoms with Gasteiger partial charge in [0.2, 0.25) is 5.82 Å². The number of rotatable bonds is 7. The van der Waals surface area contributed by atoms with Gasteiger partial charge in [-0.05, 0) is 19.1 Å². The molecule has 0 fully saturated rings. The average Bonchev–Trinajstić information content (AvgIpc) is 2.56. The minimum absolute atomic E-state index is 0.0671. The fraction of sp³-hybridized carbons (Fsp3) is 0.286. The quantitative estimate of drug-likeness (QED) is 0.448. The molecule has 0 bridgehead atoms. The molecule has 0 aromatic carbocycles. The van der Waals surface area contributed by atoms with E-state index < -0.39 is 22.3 Å². The van der Waals surface area contributed by atoms with Crippen LogP contribution >= 0.6 is 0 Å². The Bertz CT molecular complexity index is 804. The van der Waals surface area contributed by atoms with Crippen molar-refractivity contribution in [1.29, 1.82) is 0 Å². The van der Waals surface area contributed by atoms with Crippen LogP contribution in [-0.2, 0) is 11.3 Å². The highest BCUT2D eigenvalue weighted by molar-refractivity contribution is 5.96. The molecule has 0 unspecified atom stereocenters. The Morgan fingerprint density at radius 3 is 2.88 bits per heavy atom. The number of carbonyl (C=O) groups excluding carboxylic acids is 1. The van der Waals surface area contributed by atoms with Crippen LogP contribution in [0.3, 0.4) is 0 Å². The van der Waals surface area contributed by atoms with Crippen molar-refractivity contribution in [2.75, 3.05) is 18.5 Å². The number of nitrogens with one attached hydrogen (secondary N) is 1. The Kier molecular flexibility index (Phi) is 5.55. The van der Waals surface area contributed by atoms with Gasteiger partial charge in [-0.1, -0.05) is 0 Å². The highest BCUT2D eigenvalue weighted by Crippen LogP contribution is 2.26. The van der Waals surface area contributed by atoms with Gasteiger partial charge < -0.3 is 10.1 Å². The van der Waals surface area contributed by atoms with Gasteiger partial charge in [0.1, 0.15) is 5.56 Å². The zero-order valence-electron chi connectivity index (χ0n) is 12.8. The van der Waals surface area contributed by atoms with Crippen molar-refractivity contribution in [3.63, 3.8) is 0 Å². The SMILES string of the molecule is CCOC(=O)c1ccnc(NCCn2cccnc2=O)c1[N+](=O)[O-]. The number of ether oxygens (including phenoxy) is 1. The van der Waals surface area contributed by atoms with E-state index in [0.29, 0.717) is 0 Å². The highest BCUT2D eigenvalue weighted by Gasteiger charge is 2.26. The van der Waals surface area contributed by atoms with Gasteiger partial charge in [-0.25, -0.2) is 19.6 Å². The number of nitro groups is 1. The summed E-state index contributed by atoms with van der Waals surface area (Å²) in [5.74, 6) is -0.861. The molecule has 2 aromatic rings. The lowest BCUT2D eigenvalue weighted by Crippen LogP contribution is -2.25. The summed E-state index contributed by atoms with van der Waals surface area (Å²) in [7, 11) is 0. The van der Waals surface area contributed by atoms with Crippen LogP contribution in [0.2, 0.25) is 0 Å². The molecule has 0 aliphatic heterocycles. The molecule has 0 saturated heterocycles. The van der Waals surface area contributed by atoms with Crippen LogP contribution in [-0.4, -0.2) is 38.6 Å². The Balaban J connectivity index is 2.19. The maximum Gasteiger partial charge on any atom is 0.347 e. The third-order valence-corrected chi connectivity index (χ3v) is 3.03. The molecule has 0 aliphatic carbocycles. The van der Waals surface area contributed by atoms with Crippen molar-refractivity contribution >= 4 is 17.5 Å². The van der Waals surface area contributed by atoms with E-state index in [2.05, 4.69) is 15.3 Å². The molecular formula is C14H15N5O5. The normalized spacial score (nSPS) is 10.2. The fourth-order valence-electron chi connectivity index (χ4n) is 1.99. The first kappa shape index (κ1) is 17.1. The molecule has 126 valence electrons. The molecule has 0 saturated carbocycles. The number of pyridine rings is 1.